The second-order valence-corrected chi connectivity index (χ2v) is 4.76. The summed E-state index contributed by atoms with van der Waals surface area (Å²) in [6, 6.07) is 0. The first-order valence-electron chi connectivity index (χ1n) is 4.56. The van der Waals surface area contributed by atoms with Crippen LogP contribution in [0.4, 0.5) is 0 Å². The lowest BCUT2D eigenvalue weighted by Gasteiger charge is -2.05. The summed E-state index contributed by atoms with van der Waals surface area (Å²) in [5.74, 6) is 1.78. The topological polar surface area (TPSA) is 58.9 Å². The first-order valence-corrected chi connectivity index (χ1v) is 5.71. The maximum Gasteiger partial charge on any atom is 0.340 e. The zero-order valence-corrected chi connectivity index (χ0v) is 9.26. The standard InChI is InChI=1S/C9H15NO3S/c1-9(2)8(12)13-7(10-9)3-5-14-6-4-11/h11H,3-6H2,1-2H3. The van der Waals surface area contributed by atoms with Crippen molar-refractivity contribution in [2.24, 2.45) is 4.99 Å². The molecule has 0 bridgehead atoms. The van der Waals surface area contributed by atoms with Crippen molar-refractivity contribution < 1.29 is 14.6 Å². The smallest absolute Gasteiger partial charge is 0.340 e. The summed E-state index contributed by atoms with van der Waals surface area (Å²) in [5.41, 5.74) is -0.711. The predicted molar refractivity (Wildman–Crippen MR) is 56.6 cm³/mol. The third-order valence-corrected chi connectivity index (χ3v) is 2.77. The van der Waals surface area contributed by atoms with Crippen molar-refractivity contribution in [2.45, 2.75) is 25.8 Å². The van der Waals surface area contributed by atoms with E-state index in [1.165, 1.54) is 0 Å². The van der Waals surface area contributed by atoms with Gasteiger partial charge in [0.2, 0.25) is 0 Å². The molecule has 0 saturated heterocycles. The summed E-state index contributed by atoms with van der Waals surface area (Å²) in [5, 5.41) is 8.55. The van der Waals surface area contributed by atoms with E-state index in [4.69, 9.17) is 9.84 Å². The van der Waals surface area contributed by atoms with E-state index in [1.807, 2.05) is 0 Å². The number of rotatable bonds is 5. The van der Waals surface area contributed by atoms with Crippen LogP contribution in [0.15, 0.2) is 4.99 Å². The number of hydrogen-bond donors (Lipinski definition) is 1. The van der Waals surface area contributed by atoms with Crippen molar-refractivity contribution in [1.29, 1.82) is 0 Å². The van der Waals surface area contributed by atoms with Gasteiger partial charge in [-0.1, -0.05) is 0 Å². The van der Waals surface area contributed by atoms with Gasteiger partial charge in [0.25, 0.3) is 0 Å². The van der Waals surface area contributed by atoms with E-state index < -0.39 is 5.54 Å². The van der Waals surface area contributed by atoms with Gasteiger partial charge in [0, 0.05) is 17.9 Å². The van der Waals surface area contributed by atoms with Crippen molar-refractivity contribution >= 4 is 23.6 Å². The van der Waals surface area contributed by atoms with E-state index in [2.05, 4.69) is 4.99 Å². The molecule has 14 heavy (non-hydrogen) atoms. The average Bonchev–Trinajstić information content (AvgIpc) is 2.35. The van der Waals surface area contributed by atoms with E-state index in [-0.39, 0.29) is 12.6 Å². The minimum absolute atomic E-state index is 0.183. The van der Waals surface area contributed by atoms with Crippen molar-refractivity contribution in [3.05, 3.63) is 0 Å². The minimum atomic E-state index is -0.711. The Balaban J connectivity index is 2.30. The lowest BCUT2D eigenvalue weighted by Crippen LogP contribution is -2.25. The van der Waals surface area contributed by atoms with E-state index >= 15 is 0 Å². The zero-order chi connectivity index (χ0) is 10.6. The summed E-state index contributed by atoms with van der Waals surface area (Å²) in [6.45, 7) is 3.66. The number of aliphatic imine (C=N–C) groups is 1. The lowest BCUT2D eigenvalue weighted by atomic mass is 10.1. The van der Waals surface area contributed by atoms with Crippen LogP contribution in [0.5, 0.6) is 0 Å². The molecule has 0 aliphatic carbocycles. The number of ether oxygens (including phenoxy) is 1. The van der Waals surface area contributed by atoms with Gasteiger partial charge in [0.05, 0.1) is 6.61 Å². The molecule has 0 aromatic heterocycles. The van der Waals surface area contributed by atoms with Gasteiger partial charge in [0.15, 0.2) is 11.4 Å². The van der Waals surface area contributed by atoms with Crippen LogP contribution in [0.3, 0.4) is 0 Å². The minimum Gasteiger partial charge on any atom is -0.410 e. The maximum absolute atomic E-state index is 11.2. The van der Waals surface area contributed by atoms with E-state index in [0.29, 0.717) is 18.1 Å². The first kappa shape index (κ1) is 11.5. The Morgan fingerprint density at radius 2 is 2.21 bits per heavy atom. The molecule has 0 amide bonds. The van der Waals surface area contributed by atoms with Crippen LogP contribution in [0, 0.1) is 0 Å². The Bertz CT molecular complexity index is 250. The molecule has 4 nitrogen and oxygen atoms in total. The quantitative estimate of drug-likeness (QED) is 0.547. The fraction of sp³-hybridized carbons (Fsp3) is 0.778. The fourth-order valence-corrected chi connectivity index (χ4v) is 1.70. The Hall–Kier alpha value is -0.550. The van der Waals surface area contributed by atoms with Crippen LogP contribution in [0.2, 0.25) is 0 Å². The zero-order valence-electron chi connectivity index (χ0n) is 8.45. The van der Waals surface area contributed by atoms with Crippen molar-refractivity contribution in [3.63, 3.8) is 0 Å². The molecule has 1 heterocycles. The highest BCUT2D eigenvalue weighted by atomic mass is 32.2. The molecular formula is C9H15NO3S. The summed E-state index contributed by atoms with van der Waals surface area (Å²) in [6.07, 6.45) is 0.653. The van der Waals surface area contributed by atoms with Gasteiger partial charge in [-0.2, -0.15) is 11.8 Å². The molecule has 80 valence electrons. The molecule has 1 rings (SSSR count). The Labute approximate surface area is 87.7 Å². The predicted octanol–water partition coefficient (Wildman–Crippen LogP) is 0.836. The monoisotopic (exact) mass is 217 g/mol. The summed E-state index contributed by atoms with van der Waals surface area (Å²) in [7, 11) is 0. The molecule has 0 spiro atoms. The number of carbonyl (C=O) groups excluding carboxylic acids is 1. The van der Waals surface area contributed by atoms with Gasteiger partial charge >= 0.3 is 5.97 Å². The van der Waals surface area contributed by atoms with Crippen molar-refractivity contribution in [3.8, 4) is 0 Å². The van der Waals surface area contributed by atoms with Crippen molar-refractivity contribution in [2.75, 3.05) is 18.1 Å². The Morgan fingerprint density at radius 1 is 1.50 bits per heavy atom. The molecule has 0 saturated carbocycles. The average molecular weight is 217 g/mol. The molecule has 1 aliphatic rings. The molecule has 5 heteroatoms. The normalized spacial score (nSPS) is 19.4. The molecule has 0 radical (unpaired) electrons. The first-order chi connectivity index (χ1) is 6.56. The molecule has 0 aromatic rings. The van der Waals surface area contributed by atoms with Gasteiger partial charge in [-0.3, -0.25) is 0 Å². The largest absolute Gasteiger partial charge is 0.410 e. The van der Waals surface area contributed by atoms with Gasteiger partial charge < -0.3 is 9.84 Å². The maximum atomic E-state index is 11.2. The number of thioether (sulfide) groups is 1. The lowest BCUT2D eigenvalue weighted by molar-refractivity contribution is -0.137. The van der Waals surface area contributed by atoms with E-state index in [0.717, 1.165) is 5.75 Å². The highest BCUT2D eigenvalue weighted by Crippen LogP contribution is 2.20. The van der Waals surface area contributed by atoms with Crippen molar-refractivity contribution in [1.82, 2.24) is 0 Å². The van der Waals surface area contributed by atoms with Crippen LogP contribution >= 0.6 is 11.8 Å². The molecule has 1 N–H and O–H groups in total. The molecule has 0 unspecified atom stereocenters. The number of esters is 1. The second-order valence-electron chi connectivity index (χ2n) is 3.54. The molecule has 1 aliphatic heterocycles. The Kier molecular flexibility index (Phi) is 3.95. The molecule has 0 fully saturated rings. The SMILES string of the molecule is CC1(C)N=C(CCSCCO)OC1=O. The van der Waals surface area contributed by atoms with E-state index in [1.54, 1.807) is 25.6 Å². The van der Waals surface area contributed by atoms with Gasteiger partial charge in [-0.15, -0.1) is 0 Å². The third-order valence-electron chi connectivity index (χ3n) is 1.81. The number of cyclic esters (lactones) is 1. The third kappa shape index (κ3) is 2.99. The molecule has 0 aromatic carbocycles. The summed E-state index contributed by atoms with van der Waals surface area (Å²) >= 11 is 1.62. The molecule has 0 atom stereocenters. The van der Waals surface area contributed by atoms with Gasteiger partial charge in [0.1, 0.15) is 0 Å². The van der Waals surface area contributed by atoms with Crippen LogP contribution in [0.1, 0.15) is 20.3 Å². The fourth-order valence-electron chi connectivity index (χ4n) is 1.05. The van der Waals surface area contributed by atoms with E-state index in [9.17, 15) is 4.79 Å². The number of nitrogens with zero attached hydrogens (tertiary/aromatic N) is 1. The highest BCUT2D eigenvalue weighted by Gasteiger charge is 2.36. The molecular weight excluding hydrogens is 202 g/mol. The Morgan fingerprint density at radius 3 is 2.71 bits per heavy atom. The number of carbonyl (C=O) groups is 1. The summed E-state index contributed by atoms with van der Waals surface area (Å²) in [4.78, 5) is 15.4. The second kappa shape index (κ2) is 4.79. The number of aliphatic hydroxyl groups is 1. The number of hydrogen-bond acceptors (Lipinski definition) is 5. The number of aliphatic hydroxyl groups excluding tert-OH is 1. The van der Waals surface area contributed by atoms with Crippen LogP contribution in [-0.2, 0) is 9.53 Å². The summed E-state index contributed by atoms with van der Waals surface area (Å²) < 4.78 is 4.99. The van der Waals surface area contributed by atoms with Crippen LogP contribution in [0.25, 0.3) is 0 Å². The van der Waals surface area contributed by atoms with Crippen LogP contribution < -0.4 is 0 Å². The van der Waals surface area contributed by atoms with Gasteiger partial charge in [-0.25, -0.2) is 9.79 Å². The highest BCUT2D eigenvalue weighted by molar-refractivity contribution is 7.99. The van der Waals surface area contributed by atoms with Crippen LogP contribution in [-0.4, -0.2) is 40.6 Å². The van der Waals surface area contributed by atoms with Gasteiger partial charge in [-0.05, 0) is 13.8 Å².